The van der Waals surface area contributed by atoms with Gasteiger partial charge in [0.25, 0.3) is 0 Å². The summed E-state index contributed by atoms with van der Waals surface area (Å²) in [6.07, 6.45) is 8.70. The highest BCUT2D eigenvalue weighted by Crippen LogP contribution is 2.25. The first-order chi connectivity index (χ1) is 6.81. The van der Waals surface area contributed by atoms with Crippen LogP contribution in [0.2, 0.25) is 0 Å². The van der Waals surface area contributed by atoms with Gasteiger partial charge in [0.1, 0.15) is 12.0 Å². The van der Waals surface area contributed by atoms with Gasteiger partial charge in [0.2, 0.25) is 0 Å². The number of ether oxygens (including phenoxy) is 2. The summed E-state index contributed by atoms with van der Waals surface area (Å²) in [6.45, 7) is 0. The van der Waals surface area contributed by atoms with E-state index in [1.807, 2.05) is 18.2 Å². The summed E-state index contributed by atoms with van der Waals surface area (Å²) in [5.41, 5.74) is 0. The van der Waals surface area contributed by atoms with Gasteiger partial charge in [-0.2, -0.15) is 0 Å². The maximum absolute atomic E-state index is 10.1. The molecule has 0 saturated carbocycles. The number of rotatable bonds is 4. The first kappa shape index (κ1) is 10.6. The van der Waals surface area contributed by atoms with E-state index >= 15 is 0 Å². The first-order valence-electron chi connectivity index (χ1n) is 4.43. The van der Waals surface area contributed by atoms with Gasteiger partial charge >= 0.3 is 0 Å². The third-order valence-electron chi connectivity index (χ3n) is 2.09. The summed E-state index contributed by atoms with van der Waals surface area (Å²) >= 11 is 0. The van der Waals surface area contributed by atoms with Crippen LogP contribution in [0, 0.1) is 5.92 Å². The zero-order valence-electron chi connectivity index (χ0n) is 8.40. The third-order valence-corrected chi connectivity index (χ3v) is 2.09. The fourth-order valence-electron chi connectivity index (χ4n) is 1.37. The molecule has 3 heteroatoms. The average molecular weight is 194 g/mol. The molecule has 0 saturated heterocycles. The second-order valence-corrected chi connectivity index (χ2v) is 2.94. The minimum Gasteiger partial charge on any atom is -0.497 e. The van der Waals surface area contributed by atoms with Crippen LogP contribution in [0.1, 0.15) is 6.42 Å². The molecule has 0 bridgehead atoms. The van der Waals surface area contributed by atoms with Gasteiger partial charge in [0, 0.05) is 12.3 Å². The minimum absolute atomic E-state index is 0.217. The largest absolute Gasteiger partial charge is 0.497 e. The van der Waals surface area contributed by atoms with Crippen LogP contribution in [0.4, 0.5) is 0 Å². The van der Waals surface area contributed by atoms with Crippen LogP contribution in [0.3, 0.4) is 0 Å². The van der Waals surface area contributed by atoms with Gasteiger partial charge in [-0.1, -0.05) is 12.2 Å². The molecule has 0 aromatic rings. The molecule has 0 aromatic heterocycles. The highest BCUT2D eigenvalue weighted by atomic mass is 16.5. The average Bonchev–Trinajstić information content (AvgIpc) is 2.25. The van der Waals surface area contributed by atoms with Crippen LogP contribution in [-0.2, 0) is 14.3 Å². The zero-order valence-corrected chi connectivity index (χ0v) is 8.40. The topological polar surface area (TPSA) is 35.5 Å². The van der Waals surface area contributed by atoms with E-state index in [1.54, 1.807) is 14.2 Å². The van der Waals surface area contributed by atoms with E-state index in [-0.39, 0.29) is 5.92 Å². The Morgan fingerprint density at radius 3 is 2.79 bits per heavy atom. The van der Waals surface area contributed by atoms with Gasteiger partial charge < -0.3 is 9.47 Å². The molecule has 0 heterocycles. The van der Waals surface area contributed by atoms with E-state index in [4.69, 9.17) is 9.47 Å². The fraction of sp³-hybridized carbons (Fsp3) is 0.364. The van der Waals surface area contributed by atoms with E-state index < -0.39 is 0 Å². The van der Waals surface area contributed by atoms with Gasteiger partial charge in [-0.3, -0.25) is 4.79 Å². The molecule has 0 aliphatic heterocycles. The van der Waals surface area contributed by atoms with Crippen LogP contribution in [0.15, 0.2) is 35.8 Å². The van der Waals surface area contributed by atoms with E-state index in [1.165, 1.54) is 6.08 Å². The van der Waals surface area contributed by atoms with Crippen molar-refractivity contribution in [2.45, 2.75) is 6.42 Å². The standard InChI is InChI=1S/C11H14O3/c1-13-10-6-5-9(4-3-7-12)8-11(10)14-2/h3-7,9H,8H2,1-2H3/b4-3+/t9-/m0/s1. The Morgan fingerprint density at radius 2 is 2.21 bits per heavy atom. The van der Waals surface area contributed by atoms with Crippen LogP contribution in [0.25, 0.3) is 0 Å². The van der Waals surface area contributed by atoms with Crippen molar-refractivity contribution in [3.05, 3.63) is 35.8 Å². The Hall–Kier alpha value is -1.51. The fourth-order valence-corrected chi connectivity index (χ4v) is 1.37. The van der Waals surface area contributed by atoms with Crippen molar-refractivity contribution < 1.29 is 14.3 Å². The maximum Gasteiger partial charge on any atom is 0.156 e. The molecular formula is C11H14O3. The molecule has 0 spiro atoms. The summed E-state index contributed by atoms with van der Waals surface area (Å²) in [6, 6.07) is 0. The van der Waals surface area contributed by atoms with Crippen LogP contribution in [-0.4, -0.2) is 20.5 Å². The number of methoxy groups -OCH3 is 2. The van der Waals surface area contributed by atoms with E-state index in [0.29, 0.717) is 0 Å². The summed E-state index contributed by atoms with van der Waals surface area (Å²) in [7, 11) is 3.23. The predicted molar refractivity (Wildman–Crippen MR) is 53.5 cm³/mol. The second kappa shape index (κ2) is 5.27. The molecule has 1 rings (SSSR count). The Kier molecular flexibility index (Phi) is 3.98. The van der Waals surface area contributed by atoms with Gasteiger partial charge in [-0.25, -0.2) is 0 Å². The molecule has 0 unspecified atom stereocenters. The second-order valence-electron chi connectivity index (χ2n) is 2.94. The van der Waals surface area contributed by atoms with E-state index in [9.17, 15) is 4.79 Å². The monoisotopic (exact) mass is 194 g/mol. The van der Waals surface area contributed by atoms with E-state index in [0.717, 1.165) is 24.2 Å². The molecule has 0 radical (unpaired) electrons. The van der Waals surface area contributed by atoms with Gasteiger partial charge in [0.15, 0.2) is 5.76 Å². The number of hydrogen-bond donors (Lipinski definition) is 0. The molecule has 0 fully saturated rings. The Morgan fingerprint density at radius 1 is 1.43 bits per heavy atom. The van der Waals surface area contributed by atoms with Crippen molar-refractivity contribution in [3.8, 4) is 0 Å². The lowest BCUT2D eigenvalue weighted by Crippen LogP contribution is -2.06. The number of carbonyl (C=O) groups is 1. The SMILES string of the molecule is COC1=C(OC)C[C@@H](/C=C/C=O)C=C1. The minimum atomic E-state index is 0.217. The molecule has 0 N–H and O–H groups in total. The van der Waals surface area contributed by atoms with Crippen molar-refractivity contribution in [1.29, 1.82) is 0 Å². The highest BCUT2D eigenvalue weighted by Gasteiger charge is 2.15. The molecule has 1 atom stereocenters. The van der Waals surface area contributed by atoms with Crippen molar-refractivity contribution >= 4 is 6.29 Å². The Balaban J connectivity index is 2.70. The van der Waals surface area contributed by atoms with Crippen LogP contribution in [0.5, 0.6) is 0 Å². The van der Waals surface area contributed by atoms with Crippen molar-refractivity contribution in [2.24, 2.45) is 5.92 Å². The first-order valence-corrected chi connectivity index (χ1v) is 4.43. The van der Waals surface area contributed by atoms with Crippen molar-refractivity contribution in [3.63, 3.8) is 0 Å². The quantitative estimate of drug-likeness (QED) is 0.506. The predicted octanol–water partition coefficient (Wildman–Crippen LogP) is 1.82. The van der Waals surface area contributed by atoms with Crippen LogP contribution >= 0.6 is 0 Å². The van der Waals surface area contributed by atoms with Gasteiger partial charge in [0.05, 0.1) is 14.2 Å². The summed E-state index contributed by atoms with van der Waals surface area (Å²) < 4.78 is 10.3. The smallest absolute Gasteiger partial charge is 0.156 e. The normalized spacial score (nSPS) is 21.4. The van der Waals surface area contributed by atoms with E-state index in [2.05, 4.69) is 0 Å². The summed E-state index contributed by atoms with van der Waals surface area (Å²) in [5.74, 6) is 1.79. The molecule has 0 aromatic carbocycles. The molecule has 3 nitrogen and oxygen atoms in total. The molecule has 14 heavy (non-hydrogen) atoms. The molecule has 1 aliphatic rings. The Bertz CT molecular complexity index is 287. The lowest BCUT2D eigenvalue weighted by Gasteiger charge is -2.18. The number of hydrogen-bond acceptors (Lipinski definition) is 3. The lowest BCUT2D eigenvalue weighted by molar-refractivity contribution is -0.104. The maximum atomic E-state index is 10.1. The number of carbonyl (C=O) groups excluding carboxylic acids is 1. The highest BCUT2D eigenvalue weighted by molar-refractivity contribution is 5.64. The number of aldehydes is 1. The zero-order chi connectivity index (χ0) is 10.4. The summed E-state index contributed by atoms with van der Waals surface area (Å²) in [4.78, 5) is 10.1. The number of allylic oxidation sites excluding steroid dienone is 5. The van der Waals surface area contributed by atoms with Crippen LogP contribution < -0.4 is 0 Å². The van der Waals surface area contributed by atoms with Gasteiger partial charge in [-0.05, 0) is 12.2 Å². The third kappa shape index (κ3) is 2.49. The van der Waals surface area contributed by atoms with Crippen molar-refractivity contribution in [2.75, 3.05) is 14.2 Å². The molecular weight excluding hydrogens is 180 g/mol. The van der Waals surface area contributed by atoms with Gasteiger partial charge in [-0.15, -0.1) is 0 Å². The Labute approximate surface area is 83.7 Å². The molecule has 0 amide bonds. The lowest BCUT2D eigenvalue weighted by atomic mass is 9.98. The summed E-state index contributed by atoms with van der Waals surface area (Å²) in [5, 5.41) is 0. The molecule has 76 valence electrons. The molecule has 1 aliphatic carbocycles. The van der Waals surface area contributed by atoms with Crippen molar-refractivity contribution in [1.82, 2.24) is 0 Å².